The summed E-state index contributed by atoms with van der Waals surface area (Å²) in [5.41, 5.74) is 2.03. The molecule has 53 heavy (non-hydrogen) atoms. The number of rotatable bonds is 9. The van der Waals surface area contributed by atoms with Gasteiger partial charge in [-0.3, -0.25) is 14.7 Å². The van der Waals surface area contributed by atoms with Crippen LogP contribution in [0, 0.1) is 12.7 Å². The summed E-state index contributed by atoms with van der Waals surface area (Å²) in [6.45, 7) is 2.94. The van der Waals surface area contributed by atoms with Crippen LogP contribution in [-0.2, 0) is 11.0 Å². The number of anilines is 2. The van der Waals surface area contributed by atoms with E-state index in [1.54, 1.807) is 16.8 Å². The fourth-order valence-corrected chi connectivity index (χ4v) is 7.90. The summed E-state index contributed by atoms with van der Waals surface area (Å²) >= 11 is 0. The minimum absolute atomic E-state index is 0.0378. The third-order valence-electron chi connectivity index (χ3n) is 10.7. The van der Waals surface area contributed by atoms with E-state index in [1.807, 2.05) is 4.90 Å². The molecular weight excluding hydrogens is 703 g/mol. The standard InChI is InChI=1S/C35H37F5N10O3/c1-18-12-23(41)43-29(26(18)35(38,39)40)30-27(37)28-22(14-42-30)32(46-33(45-28)52-17-34-9-3-10-50(34)15-20(36)13-34)48(2)21-8-11-49(16-21)25(51)7-6-24-44-31(47-53-24)19-4-5-19/h6-7,12,14,19-21H,3-5,8-11,13,15-17H2,1-2H3,(H2,41,43)/b7-6+/t20?,21-,34+/m1/s1. The Balaban J connectivity index is 1.12. The molecule has 280 valence electrons. The molecule has 4 fully saturated rings. The monoisotopic (exact) mass is 740 g/mol. The highest BCUT2D eigenvalue weighted by Crippen LogP contribution is 2.43. The molecule has 0 spiro atoms. The van der Waals surface area contributed by atoms with Crippen LogP contribution in [0.1, 0.15) is 67.3 Å². The zero-order valence-electron chi connectivity index (χ0n) is 29.0. The van der Waals surface area contributed by atoms with Gasteiger partial charge in [0.1, 0.15) is 41.3 Å². The summed E-state index contributed by atoms with van der Waals surface area (Å²) in [6, 6.07) is 0.530. The number of nitrogen functional groups attached to an aromatic ring is 1. The topological polar surface area (TPSA) is 153 Å². The first-order valence-electron chi connectivity index (χ1n) is 17.6. The summed E-state index contributed by atoms with van der Waals surface area (Å²) in [4.78, 5) is 39.9. The van der Waals surface area contributed by atoms with E-state index in [9.17, 15) is 22.4 Å². The largest absolute Gasteiger partial charge is 0.461 e. The summed E-state index contributed by atoms with van der Waals surface area (Å²) in [5, 5.41) is 4.06. The van der Waals surface area contributed by atoms with Crippen LogP contribution in [0.3, 0.4) is 0 Å². The van der Waals surface area contributed by atoms with Crippen LogP contribution >= 0.6 is 0 Å². The van der Waals surface area contributed by atoms with E-state index in [4.69, 9.17) is 15.0 Å². The number of halogens is 5. The van der Waals surface area contributed by atoms with Gasteiger partial charge in [0.05, 0.1) is 16.5 Å². The number of nitrogens with two attached hydrogens (primary N) is 1. The van der Waals surface area contributed by atoms with Crippen molar-refractivity contribution in [3.05, 3.63) is 47.0 Å². The molecule has 7 heterocycles. The third kappa shape index (κ3) is 6.61. The second-order valence-electron chi connectivity index (χ2n) is 14.4. The Morgan fingerprint density at radius 1 is 1.15 bits per heavy atom. The average Bonchev–Trinajstić information content (AvgIpc) is 3.40. The number of alkyl halides is 4. The number of hydrogen-bond acceptors (Lipinski definition) is 12. The normalized spacial score (nSPS) is 23.4. The van der Waals surface area contributed by atoms with Crippen LogP contribution in [0.4, 0.5) is 33.6 Å². The van der Waals surface area contributed by atoms with Gasteiger partial charge < -0.3 is 24.8 Å². The first-order valence-corrected chi connectivity index (χ1v) is 17.6. The van der Waals surface area contributed by atoms with Crippen LogP contribution in [0.25, 0.3) is 28.4 Å². The maximum Gasteiger partial charge on any atom is 0.418 e. The molecule has 1 aliphatic carbocycles. The molecular formula is C35H37F5N10O3. The van der Waals surface area contributed by atoms with Crippen molar-refractivity contribution in [3.8, 4) is 17.4 Å². The Morgan fingerprint density at radius 2 is 1.96 bits per heavy atom. The second kappa shape index (κ2) is 13.1. The number of carbonyl (C=O) groups excluding carboxylic acids is 1. The highest BCUT2D eigenvalue weighted by atomic mass is 19.4. The van der Waals surface area contributed by atoms with E-state index >= 15 is 4.39 Å². The molecule has 1 amide bonds. The van der Waals surface area contributed by atoms with Crippen LogP contribution < -0.4 is 15.4 Å². The molecule has 2 N–H and O–H groups in total. The number of pyridine rings is 2. The van der Waals surface area contributed by atoms with Gasteiger partial charge in [0.15, 0.2) is 11.6 Å². The Bertz CT molecular complexity index is 2110. The number of aromatic nitrogens is 6. The molecule has 3 saturated heterocycles. The lowest BCUT2D eigenvalue weighted by Gasteiger charge is -2.31. The SMILES string of the molecule is Cc1cc(N)nc(-c2ncc3c(N(C)[C@@H]4CCN(C(=O)/C=C/c5nc(C6CC6)no5)C4)nc(OC[C@@]45CCCN4CC(F)C5)nc3c2F)c1C(F)(F)F. The number of amides is 1. The first kappa shape index (κ1) is 35.1. The summed E-state index contributed by atoms with van der Waals surface area (Å²) < 4.78 is 85.3. The highest BCUT2D eigenvalue weighted by Gasteiger charge is 2.49. The van der Waals surface area contributed by atoms with Crippen molar-refractivity contribution in [2.75, 3.05) is 50.5 Å². The summed E-state index contributed by atoms with van der Waals surface area (Å²) in [7, 11) is 1.72. The molecule has 0 radical (unpaired) electrons. The lowest BCUT2D eigenvalue weighted by molar-refractivity contribution is -0.137. The Kier molecular flexibility index (Phi) is 8.69. The molecule has 1 saturated carbocycles. The molecule has 3 atom stereocenters. The molecule has 4 aromatic rings. The van der Waals surface area contributed by atoms with Gasteiger partial charge in [-0.1, -0.05) is 5.16 Å². The maximum absolute atomic E-state index is 16.6. The van der Waals surface area contributed by atoms with Crippen molar-refractivity contribution in [1.82, 2.24) is 39.9 Å². The summed E-state index contributed by atoms with van der Waals surface area (Å²) in [5.74, 6) is -0.298. The number of fused-ring (bicyclic) bond motifs is 2. The smallest absolute Gasteiger partial charge is 0.418 e. The lowest BCUT2D eigenvalue weighted by Crippen LogP contribution is -2.43. The Hall–Kier alpha value is -5.00. The number of hydrogen-bond donors (Lipinski definition) is 1. The molecule has 3 aliphatic heterocycles. The molecule has 0 aromatic carbocycles. The molecule has 1 unspecified atom stereocenters. The average molecular weight is 741 g/mol. The van der Waals surface area contributed by atoms with Crippen LogP contribution in [0.2, 0.25) is 0 Å². The van der Waals surface area contributed by atoms with Crippen LogP contribution in [0.5, 0.6) is 6.01 Å². The van der Waals surface area contributed by atoms with Gasteiger partial charge in [0.25, 0.3) is 5.89 Å². The predicted octanol–water partition coefficient (Wildman–Crippen LogP) is 5.10. The summed E-state index contributed by atoms with van der Waals surface area (Å²) in [6.07, 6.45) is 2.53. The van der Waals surface area contributed by atoms with Gasteiger partial charge in [-0.15, -0.1) is 0 Å². The van der Waals surface area contributed by atoms with Crippen molar-refractivity contribution in [3.63, 3.8) is 0 Å². The molecule has 4 aliphatic rings. The van der Waals surface area contributed by atoms with Gasteiger partial charge >= 0.3 is 12.2 Å². The minimum Gasteiger partial charge on any atom is -0.461 e. The van der Waals surface area contributed by atoms with E-state index in [1.165, 1.54) is 25.3 Å². The Morgan fingerprint density at radius 3 is 2.74 bits per heavy atom. The van der Waals surface area contributed by atoms with Crippen molar-refractivity contribution >= 4 is 34.5 Å². The zero-order valence-corrected chi connectivity index (χ0v) is 29.0. The number of ether oxygens (including phenoxy) is 1. The minimum atomic E-state index is -4.89. The molecule has 18 heteroatoms. The lowest BCUT2D eigenvalue weighted by atomic mass is 9.95. The zero-order chi connectivity index (χ0) is 37.2. The molecule has 0 bridgehead atoms. The molecule has 13 nitrogen and oxygen atoms in total. The molecule has 4 aromatic heterocycles. The van der Waals surface area contributed by atoms with E-state index < -0.39 is 40.7 Å². The predicted molar refractivity (Wildman–Crippen MR) is 182 cm³/mol. The number of aryl methyl sites for hydroxylation is 1. The maximum atomic E-state index is 16.6. The number of likely N-dealkylation sites (tertiary alicyclic amines) is 1. The van der Waals surface area contributed by atoms with E-state index in [0.717, 1.165) is 31.9 Å². The number of nitrogens with zero attached hydrogens (tertiary/aromatic N) is 9. The number of carbonyl (C=O) groups is 1. The third-order valence-corrected chi connectivity index (χ3v) is 10.7. The number of likely N-dealkylation sites (N-methyl/N-ethyl adjacent to an activating group) is 1. The van der Waals surface area contributed by atoms with Crippen LogP contribution in [0.15, 0.2) is 22.9 Å². The first-order chi connectivity index (χ1) is 25.3. The van der Waals surface area contributed by atoms with Gasteiger partial charge in [-0.2, -0.15) is 28.1 Å². The van der Waals surface area contributed by atoms with Gasteiger partial charge in [0.2, 0.25) is 5.91 Å². The van der Waals surface area contributed by atoms with E-state index in [2.05, 4.69) is 30.1 Å². The van der Waals surface area contributed by atoms with E-state index in [0.29, 0.717) is 31.1 Å². The van der Waals surface area contributed by atoms with Crippen molar-refractivity contribution < 1.29 is 36.0 Å². The quantitative estimate of drug-likeness (QED) is 0.180. The van der Waals surface area contributed by atoms with Gasteiger partial charge in [-0.25, -0.2) is 13.8 Å². The fraction of sp³-hybridized carbons (Fsp3) is 0.514. The Labute approximate surface area is 300 Å². The van der Waals surface area contributed by atoms with Crippen molar-refractivity contribution in [1.29, 1.82) is 0 Å². The van der Waals surface area contributed by atoms with Gasteiger partial charge in [0, 0.05) is 63.4 Å². The van der Waals surface area contributed by atoms with Crippen LogP contribution in [-0.4, -0.2) is 103 Å². The molecule has 8 rings (SSSR count). The van der Waals surface area contributed by atoms with E-state index in [-0.39, 0.29) is 78.1 Å². The highest BCUT2D eigenvalue weighted by molar-refractivity contribution is 5.93. The second-order valence-corrected chi connectivity index (χ2v) is 14.4. The van der Waals surface area contributed by atoms with Gasteiger partial charge in [-0.05, 0) is 57.2 Å². The fourth-order valence-electron chi connectivity index (χ4n) is 7.90. The van der Waals surface area contributed by atoms with Crippen molar-refractivity contribution in [2.24, 2.45) is 0 Å². The van der Waals surface area contributed by atoms with Crippen molar-refractivity contribution in [2.45, 2.75) is 75.3 Å².